The number of halogens is 2. The Kier molecular flexibility index (Phi) is 3.58. The first-order valence-electron chi connectivity index (χ1n) is 5.62. The molecular weight excluding hydrogens is 227 g/mol. The van der Waals surface area contributed by atoms with Gasteiger partial charge in [0.25, 0.3) is 0 Å². The summed E-state index contributed by atoms with van der Waals surface area (Å²) in [6, 6.07) is 6.07. The van der Waals surface area contributed by atoms with Crippen LogP contribution in [0.5, 0.6) is 0 Å². The molecule has 0 unspecified atom stereocenters. The highest BCUT2D eigenvalue weighted by Crippen LogP contribution is 2.37. The van der Waals surface area contributed by atoms with Gasteiger partial charge in [-0.15, -0.1) is 0 Å². The molecule has 0 heterocycles. The van der Waals surface area contributed by atoms with E-state index in [1.165, 1.54) is 31.2 Å². The molecule has 2 heteroatoms. The van der Waals surface area contributed by atoms with E-state index >= 15 is 0 Å². The van der Waals surface area contributed by atoms with Crippen molar-refractivity contribution in [1.82, 2.24) is 0 Å². The third kappa shape index (κ3) is 2.68. The Balaban J connectivity index is 2.12. The quantitative estimate of drug-likeness (QED) is 0.628. The summed E-state index contributed by atoms with van der Waals surface area (Å²) in [5, 5.41) is 1.34. The van der Waals surface area contributed by atoms with Gasteiger partial charge in [0.2, 0.25) is 0 Å². The third-order valence-corrected chi connectivity index (χ3v) is 4.17. The zero-order valence-corrected chi connectivity index (χ0v) is 10.5. The van der Waals surface area contributed by atoms with E-state index in [0.717, 1.165) is 5.92 Å². The van der Waals surface area contributed by atoms with Crippen LogP contribution in [0, 0.1) is 5.92 Å². The van der Waals surface area contributed by atoms with Gasteiger partial charge >= 0.3 is 0 Å². The molecular formula is C13H16Cl2. The molecule has 1 aromatic carbocycles. The third-order valence-electron chi connectivity index (χ3n) is 3.43. The highest BCUT2D eigenvalue weighted by atomic mass is 35.5. The number of benzene rings is 1. The fourth-order valence-electron chi connectivity index (χ4n) is 2.36. The van der Waals surface area contributed by atoms with Crippen molar-refractivity contribution in [3.63, 3.8) is 0 Å². The average Bonchev–Trinajstić information content (AvgIpc) is 2.23. The van der Waals surface area contributed by atoms with E-state index in [1.807, 2.05) is 12.1 Å². The van der Waals surface area contributed by atoms with Crippen LogP contribution >= 0.6 is 23.2 Å². The second-order valence-corrected chi connectivity index (χ2v) is 5.44. The van der Waals surface area contributed by atoms with E-state index in [4.69, 9.17) is 23.2 Å². The van der Waals surface area contributed by atoms with E-state index in [9.17, 15) is 0 Å². The van der Waals surface area contributed by atoms with Crippen molar-refractivity contribution in [2.75, 3.05) is 0 Å². The standard InChI is InChI=1S/C13H16Cl2/c1-9-2-4-10(5-3-9)11-6-7-12(14)13(15)8-11/h6-10H,2-5H2,1H3. The molecule has 0 radical (unpaired) electrons. The minimum absolute atomic E-state index is 0.657. The fourth-order valence-corrected chi connectivity index (χ4v) is 2.67. The Morgan fingerprint density at radius 1 is 1.00 bits per heavy atom. The van der Waals surface area contributed by atoms with Gasteiger partial charge < -0.3 is 0 Å². The van der Waals surface area contributed by atoms with E-state index in [1.54, 1.807) is 0 Å². The summed E-state index contributed by atoms with van der Waals surface area (Å²) >= 11 is 11.9. The lowest BCUT2D eigenvalue weighted by atomic mass is 9.79. The Bertz CT molecular complexity index is 338. The largest absolute Gasteiger partial charge is 0.0827 e. The van der Waals surface area contributed by atoms with Crippen LogP contribution in [0.3, 0.4) is 0 Å². The Morgan fingerprint density at radius 2 is 1.67 bits per heavy atom. The predicted octanol–water partition coefficient (Wildman–Crippen LogP) is 5.29. The Morgan fingerprint density at radius 3 is 2.27 bits per heavy atom. The molecule has 0 amide bonds. The normalized spacial score (nSPS) is 26.6. The van der Waals surface area contributed by atoms with E-state index < -0.39 is 0 Å². The molecule has 0 N–H and O–H groups in total. The van der Waals surface area contributed by atoms with E-state index in [2.05, 4.69) is 13.0 Å². The van der Waals surface area contributed by atoms with Crippen molar-refractivity contribution >= 4 is 23.2 Å². The van der Waals surface area contributed by atoms with Crippen LogP contribution in [0.1, 0.15) is 44.1 Å². The predicted molar refractivity (Wildman–Crippen MR) is 66.8 cm³/mol. The fraction of sp³-hybridized carbons (Fsp3) is 0.538. The molecule has 0 saturated heterocycles. The lowest BCUT2D eigenvalue weighted by molar-refractivity contribution is 0.348. The van der Waals surface area contributed by atoms with Crippen LogP contribution in [0.15, 0.2) is 18.2 Å². The molecule has 0 spiro atoms. The summed E-state index contributed by atoms with van der Waals surface area (Å²) < 4.78 is 0. The maximum atomic E-state index is 6.03. The van der Waals surface area contributed by atoms with Gasteiger partial charge in [-0.1, -0.05) is 49.0 Å². The first-order chi connectivity index (χ1) is 7.16. The van der Waals surface area contributed by atoms with Crippen LogP contribution in [0.2, 0.25) is 10.0 Å². The summed E-state index contributed by atoms with van der Waals surface area (Å²) in [5.74, 6) is 1.58. The molecule has 0 aromatic heterocycles. The van der Waals surface area contributed by atoms with E-state index in [0.29, 0.717) is 16.0 Å². The second-order valence-electron chi connectivity index (χ2n) is 4.63. The molecule has 1 saturated carbocycles. The molecule has 0 aliphatic heterocycles. The van der Waals surface area contributed by atoms with Gasteiger partial charge in [0, 0.05) is 0 Å². The van der Waals surface area contributed by atoms with Crippen molar-refractivity contribution in [3.05, 3.63) is 33.8 Å². The number of rotatable bonds is 1. The van der Waals surface area contributed by atoms with Crippen molar-refractivity contribution in [2.24, 2.45) is 5.92 Å². The minimum atomic E-state index is 0.657. The monoisotopic (exact) mass is 242 g/mol. The zero-order valence-electron chi connectivity index (χ0n) is 8.97. The maximum absolute atomic E-state index is 6.03. The first-order valence-corrected chi connectivity index (χ1v) is 6.37. The SMILES string of the molecule is CC1CCC(c2ccc(Cl)c(Cl)c2)CC1. The highest BCUT2D eigenvalue weighted by Gasteiger charge is 2.19. The second kappa shape index (κ2) is 4.76. The average molecular weight is 243 g/mol. The van der Waals surface area contributed by atoms with Crippen LogP contribution < -0.4 is 0 Å². The lowest BCUT2D eigenvalue weighted by Gasteiger charge is -2.26. The first kappa shape index (κ1) is 11.3. The summed E-state index contributed by atoms with van der Waals surface area (Å²) in [7, 11) is 0. The van der Waals surface area contributed by atoms with Gasteiger partial charge in [0.15, 0.2) is 0 Å². The zero-order chi connectivity index (χ0) is 10.8. The van der Waals surface area contributed by atoms with E-state index in [-0.39, 0.29) is 0 Å². The minimum Gasteiger partial charge on any atom is -0.0827 e. The van der Waals surface area contributed by atoms with Gasteiger partial charge in [-0.25, -0.2) is 0 Å². The van der Waals surface area contributed by atoms with Crippen LogP contribution in [0.25, 0.3) is 0 Å². The molecule has 1 aliphatic carbocycles. The summed E-state index contributed by atoms with van der Waals surface area (Å²) in [4.78, 5) is 0. The van der Waals surface area contributed by atoms with Crippen molar-refractivity contribution in [3.8, 4) is 0 Å². The summed E-state index contributed by atoms with van der Waals surface area (Å²) in [6.45, 7) is 2.34. The maximum Gasteiger partial charge on any atom is 0.0595 e. The van der Waals surface area contributed by atoms with Gasteiger partial charge in [0.1, 0.15) is 0 Å². The summed E-state index contributed by atoms with van der Waals surface area (Å²) in [5.41, 5.74) is 1.36. The molecule has 1 aromatic rings. The Labute approximate surface area is 102 Å². The topological polar surface area (TPSA) is 0 Å². The Hall–Kier alpha value is -0.200. The number of hydrogen-bond acceptors (Lipinski definition) is 0. The van der Waals surface area contributed by atoms with Gasteiger partial charge in [-0.2, -0.15) is 0 Å². The van der Waals surface area contributed by atoms with Crippen LogP contribution in [-0.4, -0.2) is 0 Å². The molecule has 1 fully saturated rings. The highest BCUT2D eigenvalue weighted by molar-refractivity contribution is 6.42. The van der Waals surface area contributed by atoms with Crippen molar-refractivity contribution in [2.45, 2.75) is 38.5 Å². The lowest BCUT2D eigenvalue weighted by Crippen LogP contribution is -2.10. The molecule has 0 bridgehead atoms. The van der Waals surface area contributed by atoms with Crippen LogP contribution in [-0.2, 0) is 0 Å². The molecule has 0 atom stereocenters. The molecule has 2 rings (SSSR count). The molecule has 0 nitrogen and oxygen atoms in total. The summed E-state index contributed by atoms with van der Waals surface area (Å²) in [6.07, 6.45) is 5.26. The smallest absolute Gasteiger partial charge is 0.0595 e. The molecule has 15 heavy (non-hydrogen) atoms. The molecule has 1 aliphatic rings. The van der Waals surface area contributed by atoms with Crippen molar-refractivity contribution < 1.29 is 0 Å². The van der Waals surface area contributed by atoms with Gasteiger partial charge in [-0.3, -0.25) is 0 Å². The number of hydrogen-bond donors (Lipinski definition) is 0. The van der Waals surface area contributed by atoms with Crippen molar-refractivity contribution in [1.29, 1.82) is 0 Å². The van der Waals surface area contributed by atoms with Gasteiger partial charge in [0.05, 0.1) is 10.0 Å². The van der Waals surface area contributed by atoms with Gasteiger partial charge in [-0.05, 0) is 42.4 Å². The molecule has 82 valence electrons. The van der Waals surface area contributed by atoms with Crippen LogP contribution in [0.4, 0.5) is 0 Å².